The average molecular weight is 295 g/mol. The van der Waals surface area contributed by atoms with Crippen LogP contribution in [-0.4, -0.2) is 15.6 Å². The van der Waals surface area contributed by atoms with Gasteiger partial charge in [0.25, 0.3) is 0 Å². The van der Waals surface area contributed by atoms with Crippen molar-refractivity contribution in [1.29, 1.82) is 0 Å². The van der Waals surface area contributed by atoms with Crippen molar-refractivity contribution in [2.24, 2.45) is 0 Å². The number of ketones is 1. The van der Waals surface area contributed by atoms with E-state index in [2.05, 4.69) is 5.10 Å². The molecule has 0 spiro atoms. The SMILES string of the molecule is O=C(Cc1ccn(C2CCCC2)n1)c1sccc1Cl. The lowest BCUT2D eigenvalue weighted by molar-refractivity contribution is 0.0995. The Hall–Kier alpha value is -1.13. The molecule has 5 heteroatoms. The zero-order valence-electron chi connectivity index (χ0n) is 10.5. The number of aromatic nitrogens is 2. The summed E-state index contributed by atoms with van der Waals surface area (Å²) in [5.74, 6) is 0.0525. The summed E-state index contributed by atoms with van der Waals surface area (Å²) in [5, 5.41) is 6.92. The van der Waals surface area contributed by atoms with Gasteiger partial charge in [-0.2, -0.15) is 5.10 Å². The van der Waals surface area contributed by atoms with Gasteiger partial charge in [0.05, 0.1) is 28.1 Å². The van der Waals surface area contributed by atoms with Crippen LogP contribution in [-0.2, 0) is 6.42 Å². The molecule has 1 aliphatic rings. The fourth-order valence-corrected chi connectivity index (χ4v) is 3.68. The molecule has 0 unspecified atom stereocenters. The lowest BCUT2D eigenvalue weighted by Gasteiger charge is -2.08. The van der Waals surface area contributed by atoms with Crippen molar-refractivity contribution in [3.05, 3.63) is 39.3 Å². The van der Waals surface area contributed by atoms with Crippen LogP contribution in [0.4, 0.5) is 0 Å². The highest BCUT2D eigenvalue weighted by Crippen LogP contribution is 2.29. The number of halogens is 1. The highest BCUT2D eigenvalue weighted by Gasteiger charge is 2.19. The van der Waals surface area contributed by atoms with Crippen LogP contribution in [0.1, 0.15) is 47.1 Å². The van der Waals surface area contributed by atoms with Crippen LogP contribution in [0.5, 0.6) is 0 Å². The summed E-state index contributed by atoms with van der Waals surface area (Å²) in [7, 11) is 0. The Kier molecular flexibility index (Phi) is 3.71. The predicted molar refractivity (Wildman–Crippen MR) is 77.1 cm³/mol. The zero-order chi connectivity index (χ0) is 13.2. The van der Waals surface area contributed by atoms with E-state index in [1.54, 1.807) is 6.07 Å². The van der Waals surface area contributed by atoms with Crippen LogP contribution in [0.25, 0.3) is 0 Å². The van der Waals surface area contributed by atoms with Crippen LogP contribution < -0.4 is 0 Å². The topological polar surface area (TPSA) is 34.9 Å². The van der Waals surface area contributed by atoms with E-state index in [4.69, 9.17) is 11.6 Å². The number of hydrogen-bond donors (Lipinski definition) is 0. The van der Waals surface area contributed by atoms with Crippen molar-refractivity contribution in [2.45, 2.75) is 38.1 Å². The zero-order valence-corrected chi connectivity index (χ0v) is 12.1. The van der Waals surface area contributed by atoms with Crippen molar-refractivity contribution in [3.63, 3.8) is 0 Å². The first-order valence-electron chi connectivity index (χ1n) is 6.54. The van der Waals surface area contributed by atoms with Crippen molar-refractivity contribution in [2.75, 3.05) is 0 Å². The van der Waals surface area contributed by atoms with Crippen LogP contribution in [0.3, 0.4) is 0 Å². The molecule has 1 fully saturated rings. The van der Waals surface area contributed by atoms with Gasteiger partial charge in [-0.05, 0) is 30.4 Å². The molecule has 0 radical (unpaired) electrons. The third-order valence-electron chi connectivity index (χ3n) is 3.57. The first-order valence-corrected chi connectivity index (χ1v) is 7.80. The minimum absolute atomic E-state index is 0.0525. The Morgan fingerprint density at radius 2 is 2.21 bits per heavy atom. The number of hydrogen-bond acceptors (Lipinski definition) is 3. The third-order valence-corrected chi connectivity index (χ3v) is 4.96. The summed E-state index contributed by atoms with van der Waals surface area (Å²) >= 11 is 7.37. The molecule has 2 heterocycles. The summed E-state index contributed by atoms with van der Waals surface area (Å²) < 4.78 is 2.02. The molecule has 19 heavy (non-hydrogen) atoms. The second kappa shape index (κ2) is 5.47. The summed E-state index contributed by atoms with van der Waals surface area (Å²) in [5.41, 5.74) is 0.835. The van der Waals surface area contributed by atoms with Gasteiger partial charge in [0, 0.05) is 6.20 Å². The number of nitrogens with zero attached hydrogens (tertiary/aromatic N) is 2. The van der Waals surface area contributed by atoms with Crippen LogP contribution in [0.2, 0.25) is 5.02 Å². The summed E-state index contributed by atoms with van der Waals surface area (Å²) in [6.07, 6.45) is 7.29. The van der Waals surface area contributed by atoms with Gasteiger partial charge in [0.2, 0.25) is 0 Å². The summed E-state index contributed by atoms with van der Waals surface area (Å²) in [6, 6.07) is 4.23. The number of thiophene rings is 1. The molecule has 0 aliphatic heterocycles. The smallest absolute Gasteiger partial charge is 0.180 e. The Balaban J connectivity index is 1.70. The lowest BCUT2D eigenvalue weighted by atomic mass is 10.2. The van der Waals surface area contributed by atoms with Gasteiger partial charge in [-0.25, -0.2) is 0 Å². The third kappa shape index (κ3) is 2.74. The molecule has 0 atom stereocenters. The van der Waals surface area contributed by atoms with E-state index in [-0.39, 0.29) is 5.78 Å². The summed E-state index contributed by atoms with van der Waals surface area (Å²) in [6.45, 7) is 0. The molecular formula is C14H15ClN2OS. The quantitative estimate of drug-likeness (QED) is 0.794. The lowest BCUT2D eigenvalue weighted by Crippen LogP contribution is -2.07. The Morgan fingerprint density at radius 3 is 2.89 bits per heavy atom. The maximum absolute atomic E-state index is 12.1. The fourth-order valence-electron chi connectivity index (χ4n) is 2.58. The highest BCUT2D eigenvalue weighted by molar-refractivity contribution is 7.12. The summed E-state index contributed by atoms with van der Waals surface area (Å²) in [4.78, 5) is 12.7. The standard InChI is InChI=1S/C14H15ClN2OS/c15-12-6-8-19-14(12)13(18)9-10-5-7-17(16-10)11-3-1-2-4-11/h5-8,11H,1-4,9H2. The van der Waals surface area contributed by atoms with Gasteiger partial charge in [-0.3, -0.25) is 9.48 Å². The second-order valence-electron chi connectivity index (χ2n) is 4.92. The molecule has 0 aromatic carbocycles. The Labute approximate surface area is 121 Å². The van der Waals surface area contributed by atoms with Gasteiger partial charge in [-0.1, -0.05) is 24.4 Å². The van der Waals surface area contributed by atoms with Crippen molar-refractivity contribution in [3.8, 4) is 0 Å². The van der Waals surface area contributed by atoms with Crippen molar-refractivity contribution < 1.29 is 4.79 Å². The van der Waals surface area contributed by atoms with E-state index in [0.29, 0.717) is 22.4 Å². The molecule has 0 saturated heterocycles. The van der Waals surface area contributed by atoms with Crippen molar-refractivity contribution in [1.82, 2.24) is 9.78 Å². The fraction of sp³-hybridized carbons (Fsp3) is 0.429. The molecule has 3 nitrogen and oxygen atoms in total. The van der Waals surface area contributed by atoms with E-state index >= 15 is 0 Å². The van der Waals surface area contributed by atoms with E-state index in [1.165, 1.54) is 37.0 Å². The molecule has 100 valence electrons. The van der Waals surface area contributed by atoms with E-state index < -0.39 is 0 Å². The highest BCUT2D eigenvalue weighted by atomic mass is 35.5. The first-order chi connectivity index (χ1) is 9.24. The molecule has 0 N–H and O–H groups in total. The minimum atomic E-state index is 0.0525. The molecular weight excluding hydrogens is 280 g/mol. The molecule has 1 saturated carbocycles. The molecule has 0 bridgehead atoms. The number of rotatable bonds is 4. The van der Waals surface area contributed by atoms with Gasteiger partial charge in [-0.15, -0.1) is 11.3 Å². The van der Waals surface area contributed by atoms with Gasteiger partial charge >= 0.3 is 0 Å². The van der Waals surface area contributed by atoms with E-state index in [1.807, 2.05) is 22.3 Å². The normalized spacial score (nSPS) is 16.1. The molecule has 2 aromatic rings. The Bertz CT molecular complexity index is 584. The van der Waals surface area contributed by atoms with Gasteiger partial charge in [0.15, 0.2) is 5.78 Å². The predicted octanol–water partition coefficient (Wildman–Crippen LogP) is 4.14. The number of carbonyl (C=O) groups excluding carboxylic acids is 1. The van der Waals surface area contributed by atoms with Crippen LogP contribution in [0.15, 0.2) is 23.7 Å². The molecule has 1 aliphatic carbocycles. The monoisotopic (exact) mass is 294 g/mol. The van der Waals surface area contributed by atoms with Crippen molar-refractivity contribution >= 4 is 28.7 Å². The number of Topliss-reactive ketones (excluding diaryl/α,β-unsaturated/α-hetero) is 1. The maximum atomic E-state index is 12.1. The first kappa shape index (κ1) is 12.9. The van der Waals surface area contributed by atoms with Crippen LogP contribution >= 0.6 is 22.9 Å². The Morgan fingerprint density at radius 1 is 1.42 bits per heavy atom. The molecule has 0 amide bonds. The number of carbonyl (C=O) groups is 1. The maximum Gasteiger partial charge on any atom is 0.180 e. The average Bonchev–Trinajstić information content (AvgIpc) is 3.07. The molecule has 2 aromatic heterocycles. The van der Waals surface area contributed by atoms with E-state index in [9.17, 15) is 4.79 Å². The van der Waals surface area contributed by atoms with E-state index in [0.717, 1.165) is 5.69 Å². The van der Waals surface area contributed by atoms with Gasteiger partial charge < -0.3 is 0 Å². The van der Waals surface area contributed by atoms with Gasteiger partial charge in [0.1, 0.15) is 0 Å². The van der Waals surface area contributed by atoms with Crippen LogP contribution in [0, 0.1) is 0 Å². The largest absolute Gasteiger partial charge is 0.293 e. The molecule has 3 rings (SSSR count). The minimum Gasteiger partial charge on any atom is -0.293 e. The second-order valence-corrected chi connectivity index (χ2v) is 6.25.